The van der Waals surface area contributed by atoms with Crippen LogP contribution in [0.4, 0.5) is 0 Å². The summed E-state index contributed by atoms with van der Waals surface area (Å²) >= 11 is 0. The van der Waals surface area contributed by atoms with Crippen molar-refractivity contribution in [1.82, 2.24) is 10.2 Å². The molecule has 3 fully saturated rings. The van der Waals surface area contributed by atoms with Crippen molar-refractivity contribution in [2.75, 3.05) is 32.8 Å². The molecule has 3 aliphatic heterocycles. The van der Waals surface area contributed by atoms with Crippen molar-refractivity contribution in [3.63, 3.8) is 0 Å². The molecule has 3 aliphatic rings. The van der Waals surface area contributed by atoms with Gasteiger partial charge >= 0.3 is 0 Å². The van der Waals surface area contributed by atoms with Crippen molar-refractivity contribution in [1.29, 1.82) is 0 Å². The van der Waals surface area contributed by atoms with Crippen LogP contribution in [-0.4, -0.2) is 49.6 Å². The first-order valence-electron chi connectivity index (χ1n) is 8.90. The molecule has 0 radical (unpaired) electrons. The van der Waals surface area contributed by atoms with Crippen molar-refractivity contribution in [2.45, 2.75) is 25.2 Å². The summed E-state index contributed by atoms with van der Waals surface area (Å²) < 4.78 is 5.34. The average Bonchev–Trinajstić information content (AvgIpc) is 3.26. The zero-order chi connectivity index (χ0) is 16.6. The van der Waals surface area contributed by atoms with Crippen LogP contribution in [0.25, 0.3) is 0 Å². The highest BCUT2D eigenvalue weighted by molar-refractivity contribution is 5.87. The summed E-state index contributed by atoms with van der Waals surface area (Å²) in [6.45, 7) is 3.28. The van der Waals surface area contributed by atoms with Gasteiger partial charge in [0.1, 0.15) is 0 Å². The Balaban J connectivity index is 1.49. The predicted molar refractivity (Wildman–Crippen MR) is 89.4 cm³/mol. The van der Waals surface area contributed by atoms with Gasteiger partial charge in [-0.2, -0.15) is 0 Å². The highest BCUT2D eigenvalue weighted by Crippen LogP contribution is 2.47. The molecule has 128 valence electrons. The highest BCUT2D eigenvalue weighted by Gasteiger charge is 2.52. The van der Waals surface area contributed by atoms with E-state index in [1.807, 2.05) is 23.1 Å². The average molecular weight is 328 g/mol. The van der Waals surface area contributed by atoms with E-state index in [9.17, 15) is 9.59 Å². The lowest BCUT2D eigenvalue weighted by molar-refractivity contribution is -0.141. The topological polar surface area (TPSA) is 58.6 Å². The maximum atomic E-state index is 12.6. The lowest BCUT2D eigenvalue weighted by atomic mass is 9.68. The van der Waals surface area contributed by atoms with Gasteiger partial charge in [-0.1, -0.05) is 30.3 Å². The van der Waals surface area contributed by atoms with Crippen LogP contribution in [0.5, 0.6) is 0 Å². The minimum atomic E-state index is -0.357. The molecule has 2 atom stereocenters. The lowest BCUT2D eigenvalue weighted by Gasteiger charge is -2.41. The fourth-order valence-electron chi connectivity index (χ4n) is 4.54. The van der Waals surface area contributed by atoms with Gasteiger partial charge in [-0.3, -0.25) is 9.59 Å². The normalized spacial score (nSPS) is 29.0. The Morgan fingerprint density at radius 3 is 2.62 bits per heavy atom. The Bertz CT molecular complexity index is 617. The molecule has 0 unspecified atom stereocenters. The van der Waals surface area contributed by atoms with Gasteiger partial charge in [-0.05, 0) is 24.8 Å². The first kappa shape index (κ1) is 15.6. The molecule has 1 spiro atoms. The third kappa shape index (κ3) is 2.51. The number of piperidine rings is 1. The summed E-state index contributed by atoms with van der Waals surface area (Å²) in [5.41, 5.74) is 0.865. The van der Waals surface area contributed by atoms with Gasteiger partial charge in [-0.25, -0.2) is 0 Å². The van der Waals surface area contributed by atoms with Crippen molar-refractivity contribution in [3.05, 3.63) is 35.9 Å². The van der Waals surface area contributed by atoms with Crippen LogP contribution in [0.2, 0.25) is 0 Å². The SMILES string of the molecule is O=C([C@@H]1CCOC1)N1CCC2(CC1)C(=O)NC[C@@H]2c1ccccc1. The van der Waals surface area contributed by atoms with Gasteiger partial charge < -0.3 is 15.0 Å². The third-order valence-electron chi connectivity index (χ3n) is 6.03. The molecular weight excluding hydrogens is 304 g/mol. The molecule has 1 aromatic carbocycles. The molecule has 0 bridgehead atoms. The molecular formula is C19H24N2O3. The summed E-state index contributed by atoms with van der Waals surface area (Å²) in [5, 5.41) is 3.07. The summed E-state index contributed by atoms with van der Waals surface area (Å²) in [5.74, 6) is 0.587. The fourth-order valence-corrected chi connectivity index (χ4v) is 4.54. The second-order valence-electron chi connectivity index (χ2n) is 7.22. The number of benzene rings is 1. The van der Waals surface area contributed by atoms with Crippen molar-refractivity contribution < 1.29 is 14.3 Å². The summed E-state index contributed by atoms with van der Waals surface area (Å²) in [4.78, 5) is 27.2. The monoisotopic (exact) mass is 328 g/mol. The molecule has 4 rings (SSSR count). The molecule has 24 heavy (non-hydrogen) atoms. The molecule has 5 nitrogen and oxygen atoms in total. The maximum absolute atomic E-state index is 12.6. The highest BCUT2D eigenvalue weighted by atomic mass is 16.5. The van der Waals surface area contributed by atoms with Crippen molar-refractivity contribution in [2.24, 2.45) is 11.3 Å². The van der Waals surface area contributed by atoms with E-state index in [-0.39, 0.29) is 29.1 Å². The molecule has 5 heteroatoms. The Hall–Kier alpha value is -1.88. The minimum Gasteiger partial charge on any atom is -0.381 e. The van der Waals surface area contributed by atoms with Gasteiger partial charge in [0.15, 0.2) is 0 Å². The standard InChI is InChI=1S/C19H24N2O3/c22-17(15-6-11-24-13-15)21-9-7-19(8-10-21)16(12-20-18(19)23)14-4-2-1-3-5-14/h1-5,15-16H,6-13H2,(H,20,23)/t15-,16-/m1/s1. The first-order chi connectivity index (χ1) is 11.7. The van der Waals surface area contributed by atoms with Crippen LogP contribution >= 0.6 is 0 Å². The Morgan fingerprint density at radius 2 is 1.96 bits per heavy atom. The summed E-state index contributed by atoms with van der Waals surface area (Å²) in [7, 11) is 0. The van der Waals surface area contributed by atoms with Crippen LogP contribution in [0.1, 0.15) is 30.7 Å². The smallest absolute Gasteiger partial charge is 0.228 e. The van der Waals surface area contributed by atoms with Gasteiger partial charge in [-0.15, -0.1) is 0 Å². The predicted octanol–water partition coefficient (Wildman–Crippen LogP) is 1.55. The third-order valence-corrected chi connectivity index (χ3v) is 6.03. The zero-order valence-electron chi connectivity index (χ0n) is 13.9. The molecule has 1 N–H and O–H groups in total. The summed E-state index contributed by atoms with van der Waals surface area (Å²) in [6.07, 6.45) is 2.32. The number of hydrogen-bond donors (Lipinski definition) is 1. The zero-order valence-corrected chi connectivity index (χ0v) is 13.9. The minimum absolute atomic E-state index is 0.0152. The lowest BCUT2D eigenvalue weighted by Crippen LogP contribution is -2.49. The number of ether oxygens (including phenoxy) is 1. The van der Waals surface area contributed by atoms with Gasteiger partial charge in [0, 0.05) is 32.2 Å². The molecule has 0 aliphatic carbocycles. The number of hydrogen-bond acceptors (Lipinski definition) is 3. The van der Waals surface area contributed by atoms with E-state index in [1.165, 1.54) is 5.56 Å². The molecule has 3 heterocycles. The number of carbonyl (C=O) groups excluding carboxylic acids is 2. The van der Waals surface area contributed by atoms with E-state index in [0.717, 1.165) is 19.3 Å². The molecule has 3 saturated heterocycles. The van der Waals surface area contributed by atoms with Crippen LogP contribution in [0, 0.1) is 11.3 Å². The van der Waals surface area contributed by atoms with Crippen LogP contribution in [0.3, 0.4) is 0 Å². The number of carbonyl (C=O) groups is 2. The van der Waals surface area contributed by atoms with Gasteiger partial charge in [0.25, 0.3) is 0 Å². The Labute approximate surface area is 142 Å². The van der Waals surface area contributed by atoms with E-state index >= 15 is 0 Å². The second kappa shape index (κ2) is 6.20. The number of rotatable bonds is 2. The molecule has 0 saturated carbocycles. The molecule has 1 aromatic rings. The largest absolute Gasteiger partial charge is 0.381 e. The first-order valence-corrected chi connectivity index (χ1v) is 8.90. The van der Waals surface area contributed by atoms with Gasteiger partial charge in [0.2, 0.25) is 11.8 Å². The van der Waals surface area contributed by atoms with E-state index in [0.29, 0.717) is 32.8 Å². The Morgan fingerprint density at radius 1 is 1.21 bits per heavy atom. The van der Waals surface area contributed by atoms with E-state index < -0.39 is 0 Å². The fraction of sp³-hybridized carbons (Fsp3) is 0.579. The molecule has 2 amide bonds. The summed E-state index contributed by atoms with van der Waals surface area (Å²) in [6, 6.07) is 10.3. The maximum Gasteiger partial charge on any atom is 0.228 e. The van der Waals surface area contributed by atoms with Crippen LogP contribution < -0.4 is 5.32 Å². The number of amides is 2. The van der Waals surface area contributed by atoms with E-state index in [1.54, 1.807) is 0 Å². The number of likely N-dealkylation sites (tertiary alicyclic amines) is 1. The van der Waals surface area contributed by atoms with E-state index in [4.69, 9.17) is 4.74 Å². The van der Waals surface area contributed by atoms with E-state index in [2.05, 4.69) is 17.4 Å². The Kier molecular flexibility index (Phi) is 4.04. The molecule has 0 aromatic heterocycles. The van der Waals surface area contributed by atoms with Gasteiger partial charge in [0.05, 0.1) is 17.9 Å². The number of nitrogens with zero attached hydrogens (tertiary/aromatic N) is 1. The van der Waals surface area contributed by atoms with Crippen LogP contribution in [0.15, 0.2) is 30.3 Å². The van der Waals surface area contributed by atoms with Crippen molar-refractivity contribution in [3.8, 4) is 0 Å². The number of nitrogens with one attached hydrogen (secondary N) is 1. The van der Waals surface area contributed by atoms with Crippen molar-refractivity contribution >= 4 is 11.8 Å². The second-order valence-corrected chi connectivity index (χ2v) is 7.22. The van der Waals surface area contributed by atoms with Crippen LogP contribution in [-0.2, 0) is 14.3 Å². The quantitative estimate of drug-likeness (QED) is 0.896.